The quantitative estimate of drug-likeness (QED) is 0.562. The molecular weight excluding hydrogens is 332 g/mol. The molecule has 4 N–H and O–H groups in total. The van der Waals surface area contributed by atoms with Gasteiger partial charge in [-0.15, -0.1) is 11.3 Å². The number of aliphatic hydroxyl groups excluding tert-OH is 2. The summed E-state index contributed by atoms with van der Waals surface area (Å²) in [6.45, 7) is 3.55. The monoisotopic (exact) mass is 350 g/mol. The Balaban J connectivity index is 0. The average molecular weight is 350 g/mol. The van der Waals surface area contributed by atoms with E-state index in [0.29, 0.717) is 0 Å². The molecule has 1 aromatic rings. The standard InChI is InChI=1S/C13H10O2S.2C2H4O2/c1-2-3-4-5-12-8-9-13(16-12)7-6-11(15)10-14;2*1-2(3)4/h8-9,11,14-15H,10H2,1H3;2*1H3,(H,3,4). The Labute approximate surface area is 144 Å². The number of aliphatic hydroxyl groups is 2. The molecule has 0 spiro atoms. The first-order valence-electron chi connectivity index (χ1n) is 6.45. The van der Waals surface area contributed by atoms with Crippen LogP contribution < -0.4 is 0 Å². The Morgan fingerprint density at radius 2 is 1.54 bits per heavy atom. The highest BCUT2D eigenvalue weighted by atomic mass is 32.1. The number of rotatable bonds is 1. The molecule has 0 amide bonds. The minimum Gasteiger partial charge on any atom is -0.481 e. The summed E-state index contributed by atoms with van der Waals surface area (Å²) in [5.41, 5.74) is 0. The van der Waals surface area contributed by atoms with Crippen LogP contribution in [0.5, 0.6) is 0 Å². The van der Waals surface area contributed by atoms with Crippen molar-refractivity contribution in [1.29, 1.82) is 0 Å². The second kappa shape index (κ2) is 15.1. The van der Waals surface area contributed by atoms with Crippen molar-refractivity contribution in [3.63, 3.8) is 0 Å². The molecule has 0 fully saturated rings. The van der Waals surface area contributed by atoms with Crippen molar-refractivity contribution < 1.29 is 30.0 Å². The first-order chi connectivity index (χ1) is 11.2. The fourth-order valence-electron chi connectivity index (χ4n) is 0.828. The van der Waals surface area contributed by atoms with Crippen molar-refractivity contribution in [3.8, 4) is 35.5 Å². The highest BCUT2D eigenvalue weighted by Gasteiger charge is 1.96. The Kier molecular flexibility index (Phi) is 14.8. The summed E-state index contributed by atoms with van der Waals surface area (Å²) in [6, 6.07) is 3.68. The van der Waals surface area contributed by atoms with Crippen molar-refractivity contribution >= 4 is 23.3 Å². The predicted octanol–water partition coefficient (Wildman–Crippen LogP) is 1.01. The third-order valence-corrected chi connectivity index (χ3v) is 2.43. The summed E-state index contributed by atoms with van der Waals surface area (Å²) in [5.74, 6) is 14.5. The van der Waals surface area contributed by atoms with E-state index in [1.165, 1.54) is 11.3 Å². The summed E-state index contributed by atoms with van der Waals surface area (Å²) in [4.78, 5) is 19.7. The van der Waals surface area contributed by atoms with Gasteiger partial charge in [0.1, 0.15) is 6.10 Å². The predicted molar refractivity (Wildman–Crippen MR) is 91.2 cm³/mol. The van der Waals surface area contributed by atoms with Crippen molar-refractivity contribution in [2.45, 2.75) is 26.9 Å². The second-order valence-electron chi connectivity index (χ2n) is 3.79. The molecular formula is C17H18O6S. The van der Waals surface area contributed by atoms with E-state index < -0.39 is 18.0 Å². The number of carboxylic acid groups (broad SMARTS) is 2. The highest BCUT2D eigenvalue weighted by molar-refractivity contribution is 7.13. The van der Waals surface area contributed by atoms with Crippen LogP contribution >= 0.6 is 11.3 Å². The minimum absolute atomic E-state index is 0.350. The maximum Gasteiger partial charge on any atom is 0.300 e. The molecule has 6 nitrogen and oxygen atoms in total. The van der Waals surface area contributed by atoms with Crippen molar-refractivity contribution in [2.24, 2.45) is 0 Å². The van der Waals surface area contributed by atoms with Gasteiger partial charge in [-0.2, -0.15) is 0 Å². The minimum atomic E-state index is -0.984. The molecule has 0 aliphatic carbocycles. The van der Waals surface area contributed by atoms with Gasteiger partial charge in [0.15, 0.2) is 0 Å². The normalized spacial score (nSPS) is 8.71. The van der Waals surface area contributed by atoms with E-state index in [9.17, 15) is 0 Å². The van der Waals surface area contributed by atoms with Gasteiger partial charge in [-0.05, 0) is 36.8 Å². The third-order valence-electron chi connectivity index (χ3n) is 1.51. The van der Waals surface area contributed by atoms with E-state index in [0.717, 1.165) is 23.6 Å². The zero-order chi connectivity index (χ0) is 19.0. The molecule has 1 rings (SSSR count). The van der Waals surface area contributed by atoms with Crippen LogP contribution in [-0.4, -0.2) is 45.1 Å². The summed E-state index contributed by atoms with van der Waals surface area (Å²) in [5, 5.41) is 32.4. The number of aliphatic carboxylic acids is 2. The Bertz CT molecular complexity index is 680. The molecule has 0 aromatic carbocycles. The van der Waals surface area contributed by atoms with Crippen LogP contribution in [0.2, 0.25) is 0 Å². The fraction of sp³-hybridized carbons (Fsp3) is 0.294. The van der Waals surface area contributed by atoms with Crippen LogP contribution in [-0.2, 0) is 9.59 Å². The molecule has 0 aliphatic heterocycles. The van der Waals surface area contributed by atoms with Gasteiger partial charge in [-0.1, -0.05) is 17.8 Å². The fourth-order valence-corrected chi connectivity index (χ4v) is 1.55. The van der Waals surface area contributed by atoms with Crippen LogP contribution in [0.1, 0.15) is 30.5 Å². The van der Waals surface area contributed by atoms with E-state index in [2.05, 4.69) is 35.5 Å². The average Bonchev–Trinajstić information content (AvgIpc) is 2.92. The lowest BCUT2D eigenvalue weighted by molar-refractivity contribution is -0.135. The van der Waals surface area contributed by atoms with E-state index >= 15 is 0 Å². The molecule has 0 saturated heterocycles. The number of thiophene rings is 1. The molecule has 0 bridgehead atoms. The maximum absolute atomic E-state index is 9.03. The van der Waals surface area contributed by atoms with Gasteiger partial charge in [0, 0.05) is 13.8 Å². The molecule has 1 atom stereocenters. The van der Waals surface area contributed by atoms with Gasteiger partial charge in [0.2, 0.25) is 0 Å². The van der Waals surface area contributed by atoms with Gasteiger partial charge < -0.3 is 20.4 Å². The molecule has 1 aromatic heterocycles. The Morgan fingerprint density at radius 1 is 1.08 bits per heavy atom. The second-order valence-corrected chi connectivity index (χ2v) is 4.88. The lowest BCUT2D eigenvalue weighted by Gasteiger charge is -1.92. The van der Waals surface area contributed by atoms with Crippen LogP contribution in [0.3, 0.4) is 0 Å². The zero-order valence-corrected chi connectivity index (χ0v) is 14.3. The van der Waals surface area contributed by atoms with Gasteiger partial charge in [0.25, 0.3) is 11.9 Å². The number of hydrogen-bond donors (Lipinski definition) is 4. The van der Waals surface area contributed by atoms with Crippen LogP contribution in [0.15, 0.2) is 12.1 Å². The van der Waals surface area contributed by atoms with Crippen molar-refractivity contribution in [2.75, 3.05) is 6.61 Å². The molecule has 7 heteroatoms. The third kappa shape index (κ3) is 19.2. The van der Waals surface area contributed by atoms with E-state index in [-0.39, 0.29) is 6.61 Å². The highest BCUT2D eigenvalue weighted by Crippen LogP contribution is 2.13. The first-order valence-corrected chi connectivity index (χ1v) is 7.26. The molecule has 128 valence electrons. The smallest absolute Gasteiger partial charge is 0.300 e. The van der Waals surface area contributed by atoms with Gasteiger partial charge in [-0.3, -0.25) is 9.59 Å². The first kappa shape index (κ1) is 23.5. The number of carboxylic acids is 2. The largest absolute Gasteiger partial charge is 0.481 e. The Morgan fingerprint density at radius 3 is 1.96 bits per heavy atom. The maximum atomic E-state index is 9.03. The molecule has 0 radical (unpaired) electrons. The van der Waals surface area contributed by atoms with Gasteiger partial charge >= 0.3 is 0 Å². The Hall–Kier alpha value is -2.76. The zero-order valence-electron chi connectivity index (χ0n) is 13.5. The summed E-state index contributed by atoms with van der Waals surface area (Å²) >= 11 is 1.43. The van der Waals surface area contributed by atoms with Crippen LogP contribution in [0.4, 0.5) is 0 Å². The SMILES string of the molecule is CC#CC#Cc1ccc(C#CC(O)CO)s1.CC(=O)O.CC(=O)O. The van der Waals surface area contributed by atoms with E-state index in [4.69, 9.17) is 30.0 Å². The summed E-state index contributed by atoms with van der Waals surface area (Å²) in [6.07, 6.45) is -0.984. The van der Waals surface area contributed by atoms with Crippen molar-refractivity contribution in [3.05, 3.63) is 21.9 Å². The lowest BCUT2D eigenvalue weighted by atomic mass is 10.3. The van der Waals surface area contributed by atoms with Crippen LogP contribution in [0, 0.1) is 35.5 Å². The molecule has 1 heterocycles. The molecule has 0 aliphatic rings. The van der Waals surface area contributed by atoms with Gasteiger partial charge in [0.05, 0.1) is 16.4 Å². The molecule has 0 saturated carbocycles. The lowest BCUT2D eigenvalue weighted by Crippen LogP contribution is -2.07. The van der Waals surface area contributed by atoms with E-state index in [1.807, 2.05) is 12.1 Å². The summed E-state index contributed by atoms with van der Waals surface area (Å²) in [7, 11) is 0. The number of hydrogen-bond acceptors (Lipinski definition) is 5. The summed E-state index contributed by atoms with van der Waals surface area (Å²) < 4.78 is 0. The van der Waals surface area contributed by atoms with Crippen LogP contribution in [0.25, 0.3) is 0 Å². The van der Waals surface area contributed by atoms with E-state index in [1.54, 1.807) is 6.92 Å². The van der Waals surface area contributed by atoms with Gasteiger partial charge in [-0.25, -0.2) is 0 Å². The number of carbonyl (C=O) groups is 2. The van der Waals surface area contributed by atoms with Crippen molar-refractivity contribution in [1.82, 2.24) is 0 Å². The molecule has 1 unspecified atom stereocenters. The topological polar surface area (TPSA) is 115 Å². The molecule has 24 heavy (non-hydrogen) atoms.